The third kappa shape index (κ3) is 3.46. The Morgan fingerprint density at radius 2 is 2.29 bits per heavy atom. The maximum absolute atomic E-state index is 5.34. The predicted octanol–water partition coefficient (Wildman–Crippen LogP) is 2.56. The Kier molecular flexibility index (Phi) is 5.25. The van der Waals surface area contributed by atoms with Crippen LogP contribution in [0.2, 0.25) is 0 Å². The molecule has 0 aliphatic carbocycles. The first-order chi connectivity index (χ1) is 6.77. The number of nitrogens with two attached hydrogens (primary N) is 1. The van der Waals surface area contributed by atoms with E-state index in [0.717, 1.165) is 10.2 Å². The maximum Gasteiger partial charge on any atom is 0.0481 e. The van der Waals surface area contributed by atoms with Crippen LogP contribution in [-0.4, -0.2) is 11.8 Å². The Morgan fingerprint density at radius 1 is 1.57 bits per heavy atom. The number of hydrazine groups is 1. The second-order valence-corrected chi connectivity index (χ2v) is 4.67. The van der Waals surface area contributed by atoms with Crippen LogP contribution in [0.3, 0.4) is 0 Å². The van der Waals surface area contributed by atoms with Crippen molar-refractivity contribution in [3.05, 3.63) is 41.4 Å². The van der Waals surface area contributed by atoms with E-state index in [1.165, 1.54) is 4.90 Å². The highest BCUT2D eigenvalue weighted by atomic mass is 79.9. The molecular weight excluding hydrogens is 260 g/mol. The van der Waals surface area contributed by atoms with E-state index in [1.807, 2.05) is 24.3 Å². The Labute approximate surface area is 97.1 Å². The van der Waals surface area contributed by atoms with Gasteiger partial charge in [0.05, 0.1) is 0 Å². The van der Waals surface area contributed by atoms with Gasteiger partial charge >= 0.3 is 0 Å². The van der Waals surface area contributed by atoms with Crippen molar-refractivity contribution in [3.63, 3.8) is 0 Å². The molecule has 0 fully saturated rings. The summed E-state index contributed by atoms with van der Waals surface area (Å²) >= 11 is 5.24. The van der Waals surface area contributed by atoms with Gasteiger partial charge in [-0.15, -0.1) is 18.3 Å². The molecule has 0 amide bonds. The molecule has 0 aliphatic heterocycles. The van der Waals surface area contributed by atoms with Crippen LogP contribution in [0.15, 0.2) is 46.3 Å². The Balaban J connectivity index is 2.53. The van der Waals surface area contributed by atoms with Gasteiger partial charge in [-0.25, -0.2) is 0 Å². The van der Waals surface area contributed by atoms with E-state index in [0.29, 0.717) is 0 Å². The third-order valence-electron chi connectivity index (χ3n) is 1.75. The van der Waals surface area contributed by atoms with Crippen LogP contribution in [-0.2, 0) is 0 Å². The van der Waals surface area contributed by atoms with Crippen molar-refractivity contribution >= 4 is 27.7 Å². The molecule has 3 N–H and O–H groups in total. The molecule has 0 heterocycles. The maximum atomic E-state index is 5.34. The highest BCUT2D eigenvalue weighted by Crippen LogP contribution is 2.27. The number of hydrogen-bond donors (Lipinski definition) is 2. The van der Waals surface area contributed by atoms with Crippen molar-refractivity contribution in [2.45, 2.75) is 10.9 Å². The van der Waals surface area contributed by atoms with Crippen molar-refractivity contribution in [2.24, 2.45) is 5.84 Å². The molecule has 0 saturated heterocycles. The number of hydrogen-bond acceptors (Lipinski definition) is 3. The highest BCUT2D eigenvalue weighted by Gasteiger charge is 2.04. The fraction of sp³-hybridized carbons (Fsp3) is 0.200. The van der Waals surface area contributed by atoms with Gasteiger partial charge in [0.25, 0.3) is 0 Å². The first-order valence-electron chi connectivity index (χ1n) is 4.24. The van der Waals surface area contributed by atoms with Crippen molar-refractivity contribution in [1.29, 1.82) is 0 Å². The van der Waals surface area contributed by atoms with Crippen LogP contribution in [0.25, 0.3) is 0 Å². The molecule has 4 heteroatoms. The lowest BCUT2D eigenvalue weighted by atomic mass is 10.4. The van der Waals surface area contributed by atoms with Crippen LogP contribution in [0.5, 0.6) is 0 Å². The summed E-state index contributed by atoms with van der Waals surface area (Å²) in [6.45, 7) is 3.70. The van der Waals surface area contributed by atoms with Crippen LogP contribution in [0.4, 0.5) is 0 Å². The molecule has 1 aromatic rings. The Bertz CT molecular complexity index is 304. The Morgan fingerprint density at radius 3 is 2.86 bits per heavy atom. The van der Waals surface area contributed by atoms with Gasteiger partial charge in [0.1, 0.15) is 0 Å². The van der Waals surface area contributed by atoms with Crippen molar-refractivity contribution in [3.8, 4) is 0 Å². The molecule has 0 aliphatic rings. The zero-order valence-corrected chi connectivity index (χ0v) is 10.1. The molecule has 1 atom stereocenters. The molecule has 1 rings (SSSR count). The Hall–Kier alpha value is -0.290. The molecule has 0 saturated carbocycles. The van der Waals surface area contributed by atoms with Gasteiger partial charge in [-0.05, 0) is 28.1 Å². The van der Waals surface area contributed by atoms with Gasteiger partial charge < -0.3 is 0 Å². The van der Waals surface area contributed by atoms with Crippen LogP contribution >= 0.6 is 27.7 Å². The zero-order valence-electron chi connectivity index (χ0n) is 7.74. The van der Waals surface area contributed by atoms with Crippen molar-refractivity contribution in [1.82, 2.24) is 5.43 Å². The molecule has 2 nitrogen and oxygen atoms in total. The van der Waals surface area contributed by atoms with Gasteiger partial charge in [-0.1, -0.05) is 18.2 Å². The standard InChI is InChI=1S/C10H13BrN2S/c1-2-8(13-12)7-14-10-6-4-3-5-9(10)11/h2-6,8,13H,1,7,12H2. The average Bonchev–Trinajstić information content (AvgIpc) is 2.22. The summed E-state index contributed by atoms with van der Waals surface area (Å²) < 4.78 is 1.12. The largest absolute Gasteiger partial charge is 0.271 e. The SMILES string of the molecule is C=CC(CSc1ccccc1Br)NN. The summed E-state index contributed by atoms with van der Waals surface area (Å²) in [6, 6.07) is 8.27. The minimum absolute atomic E-state index is 0.145. The predicted molar refractivity (Wildman–Crippen MR) is 66.2 cm³/mol. The third-order valence-corrected chi connectivity index (χ3v) is 3.90. The second kappa shape index (κ2) is 6.24. The molecule has 0 aromatic heterocycles. The van der Waals surface area contributed by atoms with Gasteiger partial charge in [0, 0.05) is 21.2 Å². The van der Waals surface area contributed by atoms with E-state index in [-0.39, 0.29) is 6.04 Å². The smallest absolute Gasteiger partial charge is 0.0481 e. The molecule has 1 aromatic carbocycles. The minimum Gasteiger partial charge on any atom is -0.271 e. The summed E-state index contributed by atoms with van der Waals surface area (Å²) in [5.74, 6) is 6.22. The number of benzene rings is 1. The number of halogens is 1. The summed E-state index contributed by atoms with van der Waals surface area (Å²) in [7, 11) is 0. The quantitative estimate of drug-likeness (QED) is 0.375. The van der Waals surface area contributed by atoms with Crippen molar-refractivity contribution < 1.29 is 0 Å². The fourth-order valence-corrected chi connectivity index (χ4v) is 2.53. The molecule has 0 spiro atoms. The van der Waals surface area contributed by atoms with E-state index in [1.54, 1.807) is 11.8 Å². The van der Waals surface area contributed by atoms with Crippen LogP contribution in [0, 0.1) is 0 Å². The van der Waals surface area contributed by atoms with Crippen LogP contribution in [0.1, 0.15) is 0 Å². The zero-order chi connectivity index (χ0) is 10.4. The number of nitrogens with one attached hydrogen (secondary N) is 1. The van der Waals surface area contributed by atoms with Gasteiger partial charge in [0.15, 0.2) is 0 Å². The van der Waals surface area contributed by atoms with E-state index in [4.69, 9.17) is 5.84 Å². The van der Waals surface area contributed by atoms with Crippen molar-refractivity contribution in [2.75, 3.05) is 5.75 Å². The summed E-state index contributed by atoms with van der Waals surface area (Å²) in [5.41, 5.74) is 2.69. The van der Waals surface area contributed by atoms with E-state index < -0.39 is 0 Å². The van der Waals surface area contributed by atoms with Gasteiger partial charge in [0.2, 0.25) is 0 Å². The average molecular weight is 273 g/mol. The van der Waals surface area contributed by atoms with Gasteiger partial charge in [-0.2, -0.15) is 0 Å². The molecule has 0 bridgehead atoms. The van der Waals surface area contributed by atoms with E-state index in [9.17, 15) is 0 Å². The number of rotatable bonds is 5. The first-order valence-corrected chi connectivity index (χ1v) is 6.01. The molecule has 0 radical (unpaired) electrons. The van der Waals surface area contributed by atoms with E-state index in [2.05, 4.69) is 34.0 Å². The summed E-state index contributed by atoms with van der Waals surface area (Å²) in [6.07, 6.45) is 1.81. The summed E-state index contributed by atoms with van der Waals surface area (Å²) in [5, 5.41) is 0. The second-order valence-electron chi connectivity index (χ2n) is 2.75. The lowest BCUT2D eigenvalue weighted by Gasteiger charge is -2.10. The lowest BCUT2D eigenvalue weighted by Crippen LogP contribution is -2.35. The molecule has 1 unspecified atom stereocenters. The molecule has 76 valence electrons. The monoisotopic (exact) mass is 272 g/mol. The highest BCUT2D eigenvalue weighted by molar-refractivity contribution is 9.10. The first kappa shape index (κ1) is 11.8. The fourth-order valence-electron chi connectivity index (χ4n) is 0.926. The number of thioether (sulfide) groups is 1. The normalized spacial score (nSPS) is 12.4. The topological polar surface area (TPSA) is 38.0 Å². The van der Waals surface area contributed by atoms with Crippen LogP contribution < -0.4 is 11.3 Å². The minimum atomic E-state index is 0.145. The molecule has 14 heavy (non-hydrogen) atoms. The molecular formula is C10H13BrN2S. The van der Waals surface area contributed by atoms with E-state index >= 15 is 0 Å². The summed E-state index contributed by atoms with van der Waals surface area (Å²) in [4.78, 5) is 1.22. The van der Waals surface area contributed by atoms with Gasteiger partial charge in [-0.3, -0.25) is 11.3 Å². The lowest BCUT2D eigenvalue weighted by molar-refractivity contribution is 0.678.